The fourth-order valence-corrected chi connectivity index (χ4v) is 3.22. The van der Waals surface area contributed by atoms with Crippen molar-refractivity contribution in [3.05, 3.63) is 60.4 Å². The van der Waals surface area contributed by atoms with Gasteiger partial charge in [-0.1, -0.05) is 37.0 Å². The van der Waals surface area contributed by atoms with E-state index in [0.29, 0.717) is 5.57 Å². The molecule has 1 aliphatic heterocycles. The van der Waals surface area contributed by atoms with Crippen LogP contribution in [0, 0.1) is 5.92 Å². The number of hydrazone groups is 1. The van der Waals surface area contributed by atoms with E-state index < -0.39 is 29.1 Å². The van der Waals surface area contributed by atoms with Gasteiger partial charge in [-0.3, -0.25) is 15.2 Å². The van der Waals surface area contributed by atoms with Gasteiger partial charge in [-0.25, -0.2) is 9.59 Å². The van der Waals surface area contributed by atoms with E-state index in [1.807, 2.05) is 18.8 Å². The predicted octanol–water partition coefficient (Wildman–Crippen LogP) is 1.21. The number of carbonyl (C=O) groups is 1. The van der Waals surface area contributed by atoms with Gasteiger partial charge in [0.2, 0.25) is 11.6 Å². The van der Waals surface area contributed by atoms with E-state index in [9.17, 15) is 19.5 Å². The summed E-state index contributed by atoms with van der Waals surface area (Å²) in [4.78, 5) is 37.6. The maximum absolute atomic E-state index is 12.2. The van der Waals surface area contributed by atoms with Gasteiger partial charge in [0.15, 0.2) is 12.0 Å². The van der Waals surface area contributed by atoms with E-state index in [0.717, 1.165) is 11.8 Å². The molecule has 1 aliphatic rings. The second kappa shape index (κ2) is 8.92. The lowest BCUT2D eigenvalue weighted by Gasteiger charge is -2.23. The van der Waals surface area contributed by atoms with Crippen LogP contribution in [-0.2, 0) is 4.74 Å². The molecular formula is C18H17Cl2N5O6. The van der Waals surface area contributed by atoms with Gasteiger partial charge < -0.3 is 14.6 Å². The Labute approximate surface area is 184 Å². The summed E-state index contributed by atoms with van der Waals surface area (Å²) >= 11 is 12.6. The van der Waals surface area contributed by atoms with Crippen molar-refractivity contribution in [3.63, 3.8) is 0 Å². The SMILES string of the molecule is COC(=O)c1nn(-c2cc(Cl)c(OC3=NNC(O)C(C(C)C)=C3)c(Cl)c2)c(=O)[nH]c1=O. The van der Waals surface area contributed by atoms with Crippen molar-refractivity contribution in [2.24, 2.45) is 11.0 Å². The third-order valence-electron chi connectivity index (χ3n) is 4.21. The first kappa shape index (κ1) is 22.5. The second-order valence-electron chi connectivity index (χ2n) is 6.63. The third kappa shape index (κ3) is 4.63. The van der Waals surface area contributed by atoms with Gasteiger partial charge in [0.25, 0.3) is 5.56 Å². The summed E-state index contributed by atoms with van der Waals surface area (Å²) < 4.78 is 10.9. The minimum Gasteiger partial charge on any atom is -0.464 e. The Balaban J connectivity index is 2.00. The number of hydrogen-bond donors (Lipinski definition) is 3. The van der Waals surface area contributed by atoms with Crippen molar-refractivity contribution in [2.75, 3.05) is 7.11 Å². The molecule has 3 rings (SSSR count). The van der Waals surface area contributed by atoms with Crippen molar-refractivity contribution < 1.29 is 19.4 Å². The highest BCUT2D eigenvalue weighted by atomic mass is 35.5. The normalized spacial score (nSPS) is 15.8. The van der Waals surface area contributed by atoms with Crippen LogP contribution >= 0.6 is 23.2 Å². The van der Waals surface area contributed by atoms with Crippen LogP contribution in [0.4, 0.5) is 0 Å². The standard InChI is InChI=1S/C18H17Cl2N5O6/c1-7(2)9-6-12(22-23-15(9)26)31-14-10(19)4-8(5-11(14)20)25-18(29)21-16(27)13(24-25)17(28)30-3/h4-7,15,23,26H,1-3H3,(H,21,27,29). The molecule has 0 fully saturated rings. The molecule has 0 saturated heterocycles. The van der Waals surface area contributed by atoms with Crippen molar-refractivity contribution in [3.8, 4) is 11.4 Å². The van der Waals surface area contributed by atoms with E-state index in [4.69, 9.17) is 27.9 Å². The summed E-state index contributed by atoms with van der Waals surface area (Å²) in [7, 11) is 1.07. The number of benzene rings is 1. The number of nitrogens with one attached hydrogen (secondary N) is 2. The zero-order chi connectivity index (χ0) is 22.9. The van der Waals surface area contributed by atoms with Crippen molar-refractivity contribution in [1.29, 1.82) is 0 Å². The molecule has 13 heteroatoms. The summed E-state index contributed by atoms with van der Waals surface area (Å²) in [5.74, 6) is -0.857. The summed E-state index contributed by atoms with van der Waals surface area (Å²) in [5.41, 5.74) is 0.695. The Kier molecular flexibility index (Phi) is 6.48. The minimum absolute atomic E-state index is 0.00432. The number of H-pyrrole nitrogens is 1. The van der Waals surface area contributed by atoms with Gasteiger partial charge in [0.05, 0.1) is 22.8 Å². The smallest absolute Gasteiger partial charge is 0.364 e. The summed E-state index contributed by atoms with van der Waals surface area (Å²) in [6.07, 6.45) is 0.617. The largest absolute Gasteiger partial charge is 0.464 e. The number of aliphatic hydroxyl groups is 1. The van der Waals surface area contributed by atoms with Crippen LogP contribution in [0.25, 0.3) is 5.69 Å². The van der Waals surface area contributed by atoms with Gasteiger partial charge in [0, 0.05) is 6.08 Å². The van der Waals surface area contributed by atoms with Crippen LogP contribution in [0.1, 0.15) is 24.3 Å². The average molecular weight is 470 g/mol. The molecule has 2 aromatic rings. The maximum atomic E-state index is 12.2. The molecule has 0 aliphatic carbocycles. The highest BCUT2D eigenvalue weighted by Crippen LogP contribution is 2.35. The van der Waals surface area contributed by atoms with Gasteiger partial charge in [0.1, 0.15) is 0 Å². The van der Waals surface area contributed by atoms with Crippen LogP contribution in [0.15, 0.2) is 38.5 Å². The molecule has 2 heterocycles. The highest BCUT2D eigenvalue weighted by Gasteiger charge is 2.22. The summed E-state index contributed by atoms with van der Waals surface area (Å²) in [6.45, 7) is 3.79. The first-order valence-corrected chi connectivity index (χ1v) is 9.60. The lowest BCUT2D eigenvalue weighted by atomic mass is 10.0. The van der Waals surface area contributed by atoms with Crippen molar-refractivity contribution >= 4 is 35.1 Å². The molecule has 1 atom stereocenters. The van der Waals surface area contributed by atoms with E-state index in [1.54, 1.807) is 6.08 Å². The van der Waals surface area contributed by atoms with E-state index in [2.05, 4.69) is 20.4 Å². The zero-order valence-corrected chi connectivity index (χ0v) is 18.0. The van der Waals surface area contributed by atoms with Crippen LogP contribution in [0.5, 0.6) is 5.75 Å². The number of ether oxygens (including phenoxy) is 2. The molecule has 31 heavy (non-hydrogen) atoms. The van der Waals surface area contributed by atoms with E-state index in [-0.39, 0.29) is 33.3 Å². The molecule has 0 amide bonds. The predicted molar refractivity (Wildman–Crippen MR) is 112 cm³/mol. The van der Waals surface area contributed by atoms with Crippen molar-refractivity contribution in [1.82, 2.24) is 20.2 Å². The number of carbonyl (C=O) groups excluding carboxylic acids is 1. The topological polar surface area (TPSA) is 148 Å². The number of methoxy groups -OCH3 is 1. The maximum Gasteiger partial charge on any atom is 0.364 e. The first-order valence-electron chi connectivity index (χ1n) is 8.84. The van der Waals surface area contributed by atoms with Gasteiger partial charge in [-0.05, 0) is 23.6 Å². The molecule has 1 aromatic heterocycles. The summed E-state index contributed by atoms with van der Waals surface area (Å²) in [6, 6.07) is 2.60. The number of rotatable bonds is 4. The third-order valence-corrected chi connectivity index (χ3v) is 4.77. The van der Waals surface area contributed by atoms with Gasteiger partial charge in [-0.15, -0.1) is 5.10 Å². The summed E-state index contributed by atoms with van der Waals surface area (Å²) in [5, 5.41) is 17.6. The Morgan fingerprint density at radius 1 is 1.26 bits per heavy atom. The minimum atomic E-state index is -1.02. The number of aromatic amines is 1. The van der Waals surface area contributed by atoms with Gasteiger partial charge >= 0.3 is 11.7 Å². The number of aliphatic hydroxyl groups excluding tert-OH is 1. The molecule has 0 spiro atoms. The number of aromatic nitrogens is 3. The Morgan fingerprint density at radius 3 is 2.48 bits per heavy atom. The Hall–Kier alpha value is -3.15. The van der Waals surface area contributed by atoms with Crippen LogP contribution in [0.2, 0.25) is 10.0 Å². The Bertz CT molecular complexity index is 1190. The fourth-order valence-electron chi connectivity index (χ4n) is 2.66. The zero-order valence-electron chi connectivity index (χ0n) is 16.5. The van der Waals surface area contributed by atoms with Crippen molar-refractivity contribution in [2.45, 2.75) is 20.1 Å². The van der Waals surface area contributed by atoms with Crippen LogP contribution in [-0.4, -0.2) is 45.1 Å². The molecule has 0 bridgehead atoms. The molecule has 1 unspecified atom stereocenters. The number of nitrogens with zero attached hydrogens (tertiary/aromatic N) is 3. The highest BCUT2D eigenvalue weighted by molar-refractivity contribution is 6.37. The lowest BCUT2D eigenvalue weighted by Crippen LogP contribution is -2.36. The monoisotopic (exact) mass is 469 g/mol. The quantitative estimate of drug-likeness (QED) is 0.565. The molecule has 11 nitrogen and oxygen atoms in total. The molecule has 164 valence electrons. The Morgan fingerprint density at radius 2 is 1.90 bits per heavy atom. The molecule has 1 aromatic carbocycles. The number of esters is 1. The van der Waals surface area contributed by atoms with Crippen LogP contribution < -0.4 is 21.4 Å². The number of halogens is 2. The molecule has 0 radical (unpaired) electrons. The van der Waals surface area contributed by atoms with E-state index in [1.165, 1.54) is 12.1 Å². The molecule has 3 N–H and O–H groups in total. The van der Waals surface area contributed by atoms with Gasteiger partial charge in [-0.2, -0.15) is 9.78 Å². The first-order chi connectivity index (χ1) is 14.6. The van der Waals surface area contributed by atoms with Crippen LogP contribution in [0.3, 0.4) is 0 Å². The molecular weight excluding hydrogens is 453 g/mol. The molecule has 0 saturated carbocycles. The van der Waals surface area contributed by atoms with E-state index >= 15 is 0 Å². The number of hydrogen-bond acceptors (Lipinski definition) is 9. The second-order valence-corrected chi connectivity index (χ2v) is 7.45. The fraction of sp³-hybridized carbons (Fsp3) is 0.278. The lowest BCUT2D eigenvalue weighted by molar-refractivity contribution is 0.0589. The average Bonchev–Trinajstić information content (AvgIpc) is 2.71.